The van der Waals surface area contributed by atoms with Crippen molar-refractivity contribution in [3.63, 3.8) is 0 Å². The maximum Gasteiger partial charge on any atom is 0.333 e. The topological polar surface area (TPSA) is 64.6 Å². The van der Waals surface area contributed by atoms with E-state index in [4.69, 9.17) is 9.47 Å². The van der Waals surface area contributed by atoms with E-state index in [1.807, 2.05) is 24.3 Å². The summed E-state index contributed by atoms with van der Waals surface area (Å²) in [6, 6.07) is 13.6. The number of fused-ring (bicyclic) bond motifs is 1. The number of benzene rings is 2. The van der Waals surface area contributed by atoms with Gasteiger partial charge >= 0.3 is 11.9 Å². The van der Waals surface area contributed by atoms with Crippen molar-refractivity contribution in [2.45, 2.75) is 31.9 Å². The molecule has 2 atom stereocenters. The van der Waals surface area contributed by atoms with Gasteiger partial charge in [-0.3, -0.25) is 10.1 Å². The van der Waals surface area contributed by atoms with E-state index in [1.165, 1.54) is 0 Å². The molecule has 0 aliphatic carbocycles. The second-order valence-corrected chi connectivity index (χ2v) is 5.83. The number of morpholine rings is 1. The molecule has 2 aromatic rings. The average Bonchev–Trinajstić information content (AvgIpc) is 2.62. The summed E-state index contributed by atoms with van der Waals surface area (Å²) >= 11 is 0. The number of esters is 2. The molecule has 3 rings (SSSR count). The minimum absolute atomic E-state index is 0.174. The Bertz CT molecular complexity index is 738. The highest BCUT2D eigenvalue weighted by molar-refractivity contribution is 5.89. The largest absolute Gasteiger partial charge is 0.392 e. The molecule has 0 amide bonds. The van der Waals surface area contributed by atoms with Crippen LogP contribution in [0.4, 0.5) is 0 Å². The zero-order valence-corrected chi connectivity index (χ0v) is 13.7. The van der Waals surface area contributed by atoms with E-state index in [9.17, 15) is 9.59 Å². The number of rotatable bonds is 4. The smallest absolute Gasteiger partial charge is 0.333 e. The Morgan fingerprint density at radius 2 is 2.00 bits per heavy atom. The molecule has 5 nitrogen and oxygen atoms in total. The van der Waals surface area contributed by atoms with Crippen LogP contribution in [0, 0.1) is 0 Å². The van der Waals surface area contributed by atoms with E-state index in [0.717, 1.165) is 16.3 Å². The Morgan fingerprint density at radius 1 is 1.21 bits per heavy atom. The molecule has 2 unspecified atom stereocenters. The highest BCUT2D eigenvalue weighted by Crippen LogP contribution is 2.22. The van der Waals surface area contributed by atoms with Gasteiger partial charge < -0.3 is 9.47 Å². The fourth-order valence-electron chi connectivity index (χ4n) is 3.00. The minimum atomic E-state index is -0.631. The van der Waals surface area contributed by atoms with Gasteiger partial charge in [0.15, 0.2) is 0 Å². The number of carbonyl (C=O) groups is 2. The Hall–Kier alpha value is -2.24. The van der Waals surface area contributed by atoms with Gasteiger partial charge in [0.1, 0.15) is 6.04 Å². The van der Waals surface area contributed by atoms with Crippen molar-refractivity contribution < 1.29 is 19.1 Å². The van der Waals surface area contributed by atoms with Crippen molar-refractivity contribution in [2.75, 3.05) is 13.2 Å². The number of nitrogens with one attached hydrogen (secondary N) is 1. The van der Waals surface area contributed by atoms with Crippen LogP contribution < -0.4 is 5.32 Å². The van der Waals surface area contributed by atoms with Crippen LogP contribution in [0.1, 0.15) is 18.9 Å². The van der Waals surface area contributed by atoms with E-state index in [1.54, 1.807) is 6.92 Å². The molecular weight excluding hydrogens is 306 g/mol. The summed E-state index contributed by atoms with van der Waals surface area (Å²) in [6.07, 6.45) is 0.392. The minimum Gasteiger partial charge on any atom is -0.392 e. The van der Waals surface area contributed by atoms with Gasteiger partial charge in [0, 0.05) is 19.4 Å². The lowest BCUT2D eigenvalue weighted by molar-refractivity contribution is -0.165. The quantitative estimate of drug-likeness (QED) is 0.689. The molecule has 24 heavy (non-hydrogen) atoms. The van der Waals surface area contributed by atoms with Gasteiger partial charge in [-0.1, -0.05) is 49.4 Å². The lowest BCUT2D eigenvalue weighted by atomic mass is 9.96. The van der Waals surface area contributed by atoms with Gasteiger partial charge in [-0.15, -0.1) is 0 Å². The van der Waals surface area contributed by atoms with Crippen molar-refractivity contribution in [1.29, 1.82) is 0 Å². The summed E-state index contributed by atoms with van der Waals surface area (Å²) in [6.45, 7) is 2.75. The molecule has 126 valence electrons. The third kappa shape index (κ3) is 3.63. The third-order valence-electron chi connectivity index (χ3n) is 4.23. The van der Waals surface area contributed by atoms with Gasteiger partial charge in [-0.2, -0.15) is 0 Å². The summed E-state index contributed by atoms with van der Waals surface area (Å²) in [5.74, 6) is -1.08. The van der Waals surface area contributed by atoms with Crippen LogP contribution in [0.5, 0.6) is 0 Å². The summed E-state index contributed by atoms with van der Waals surface area (Å²) in [4.78, 5) is 23.6. The second-order valence-electron chi connectivity index (χ2n) is 5.83. The van der Waals surface area contributed by atoms with E-state index < -0.39 is 18.0 Å². The summed E-state index contributed by atoms with van der Waals surface area (Å²) in [5, 5.41) is 5.41. The zero-order chi connectivity index (χ0) is 16.9. The molecule has 5 heteroatoms. The molecule has 0 saturated carbocycles. The van der Waals surface area contributed by atoms with Crippen LogP contribution >= 0.6 is 0 Å². The molecule has 0 spiro atoms. The maximum atomic E-state index is 12.2. The third-order valence-corrected chi connectivity index (χ3v) is 4.23. The molecular formula is C19H21NO4. The van der Waals surface area contributed by atoms with Crippen LogP contribution in [0.15, 0.2) is 42.5 Å². The summed E-state index contributed by atoms with van der Waals surface area (Å²) < 4.78 is 10.7. The standard InChI is InChI=1S/C19H21NO4/c1-2-17(21)24-19(22)18-16(23-11-10-20-18)12-14-8-5-7-13-6-3-4-9-15(13)14/h3-9,16,18,20H,2,10-12H2,1H3. The molecule has 1 fully saturated rings. The lowest BCUT2D eigenvalue weighted by Gasteiger charge is -2.31. The van der Waals surface area contributed by atoms with E-state index in [-0.39, 0.29) is 12.5 Å². The highest BCUT2D eigenvalue weighted by Gasteiger charge is 2.34. The van der Waals surface area contributed by atoms with Crippen molar-refractivity contribution in [3.8, 4) is 0 Å². The molecule has 1 N–H and O–H groups in total. The van der Waals surface area contributed by atoms with Crippen LogP contribution in [0.25, 0.3) is 10.8 Å². The fraction of sp³-hybridized carbons (Fsp3) is 0.368. The Labute approximate surface area is 140 Å². The lowest BCUT2D eigenvalue weighted by Crippen LogP contribution is -2.54. The summed E-state index contributed by atoms with van der Waals surface area (Å²) in [7, 11) is 0. The zero-order valence-electron chi connectivity index (χ0n) is 13.7. The first-order chi connectivity index (χ1) is 11.7. The Kier molecular flexibility index (Phi) is 5.23. The summed E-state index contributed by atoms with van der Waals surface area (Å²) in [5.41, 5.74) is 1.11. The van der Waals surface area contributed by atoms with E-state index in [0.29, 0.717) is 19.6 Å². The predicted octanol–water partition coefficient (Wildman–Crippen LogP) is 2.22. The predicted molar refractivity (Wildman–Crippen MR) is 90.6 cm³/mol. The van der Waals surface area contributed by atoms with Crippen molar-refractivity contribution in [1.82, 2.24) is 5.32 Å². The molecule has 1 heterocycles. The monoisotopic (exact) mass is 327 g/mol. The fourth-order valence-corrected chi connectivity index (χ4v) is 3.00. The molecule has 0 radical (unpaired) electrons. The first kappa shape index (κ1) is 16.6. The normalized spacial score (nSPS) is 20.7. The first-order valence-corrected chi connectivity index (χ1v) is 8.25. The molecule has 2 aromatic carbocycles. The number of carbonyl (C=O) groups excluding carboxylic acids is 2. The van der Waals surface area contributed by atoms with Gasteiger partial charge in [0.05, 0.1) is 12.7 Å². The van der Waals surface area contributed by atoms with Crippen molar-refractivity contribution in [3.05, 3.63) is 48.0 Å². The van der Waals surface area contributed by atoms with Gasteiger partial charge in [0.2, 0.25) is 0 Å². The number of hydrogen-bond donors (Lipinski definition) is 1. The van der Waals surface area contributed by atoms with Gasteiger partial charge in [-0.05, 0) is 16.3 Å². The number of hydrogen-bond acceptors (Lipinski definition) is 5. The molecule has 1 saturated heterocycles. The van der Waals surface area contributed by atoms with Crippen molar-refractivity contribution >= 4 is 22.7 Å². The van der Waals surface area contributed by atoms with Crippen LogP contribution in [-0.4, -0.2) is 37.2 Å². The van der Waals surface area contributed by atoms with Crippen LogP contribution in [0.3, 0.4) is 0 Å². The Balaban J connectivity index is 1.80. The molecule has 0 aromatic heterocycles. The Morgan fingerprint density at radius 3 is 2.83 bits per heavy atom. The van der Waals surface area contributed by atoms with Gasteiger partial charge in [0.25, 0.3) is 0 Å². The maximum absolute atomic E-state index is 12.2. The second kappa shape index (κ2) is 7.55. The SMILES string of the molecule is CCC(=O)OC(=O)C1NCCOC1Cc1cccc2ccccc12. The highest BCUT2D eigenvalue weighted by atomic mass is 16.6. The van der Waals surface area contributed by atoms with Crippen LogP contribution in [0.2, 0.25) is 0 Å². The number of ether oxygens (including phenoxy) is 2. The van der Waals surface area contributed by atoms with Crippen LogP contribution in [-0.2, 0) is 25.5 Å². The molecule has 0 bridgehead atoms. The van der Waals surface area contributed by atoms with Crippen molar-refractivity contribution in [2.24, 2.45) is 0 Å². The average molecular weight is 327 g/mol. The van der Waals surface area contributed by atoms with E-state index in [2.05, 4.69) is 23.5 Å². The first-order valence-electron chi connectivity index (χ1n) is 8.25. The molecule has 1 aliphatic rings. The van der Waals surface area contributed by atoms with Gasteiger partial charge in [-0.25, -0.2) is 4.79 Å². The molecule has 1 aliphatic heterocycles. The van der Waals surface area contributed by atoms with E-state index >= 15 is 0 Å².